The van der Waals surface area contributed by atoms with E-state index in [0.717, 1.165) is 16.1 Å². The van der Waals surface area contributed by atoms with Gasteiger partial charge < -0.3 is 19.5 Å². The molecule has 0 saturated carbocycles. The molecule has 0 unspecified atom stereocenters. The lowest BCUT2D eigenvalue weighted by atomic mass is 10.1. The van der Waals surface area contributed by atoms with Crippen LogP contribution in [-0.4, -0.2) is 48.0 Å². The summed E-state index contributed by atoms with van der Waals surface area (Å²) in [6.07, 6.45) is 1.37. The zero-order valence-electron chi connectivity index (χ0n) is 18.7. The van der Waals surface area contributed by atoms with Crippen molar-refractivity contribution in [3.63, 3.8) is 0 Å². The Kier molecular flexibility index (Phi) is 8.15. The number of rotatable bonds is 10. The molecule has 0 radical (unpaired) electrons. The molecule has 170 valence electrons. The first kappa shape index (κ1) is 24.3. The van der Waals surface area contributed by atoms with Crippen molar-refractivity contribution < 1.29 is 27.4 Å². The molecule has 0 aliphatic carbocycles. The highest BCUT2D eigenvalue weighted by Gasteiger charge is 2.32. The summed E-state index contributed by atoms with van der Waals surface area (Å²) in [6.45, 7) is 3.57. The van der Waals surface area contributed by atoms with E-state index in [1.54, 1.807) is 70.5 Å². The predicted octanol–water partition coefficient (Wildman–Crippen LogP) is 3.13. The fourth-order valence-electron chi connectivity index (χ4n) is 3.35. The molecule has 0 aromatic heterocycles. The highest BCUT2D eigenvalue weighted by molar-refractivity contribution is 7.92. The van der Waals surface area contributed by atoms with E-state index >= 15 is 0 Å². The number of nitrogens with one attached hydrogen (secondary N) is 1. The van der Waals surface area contributed by atoms with Crippen molar-refractivity contribution in [1.29, 1.82) is 0 Å². The highest BCUT2D eigenvalue weighted by Crippen LogP contribution is 2.30. The third-order valence-electron chi connectivity index (χ3n) is 4.92. The number of sulfonamides is 1. The van der Waals surface area contributed by atoms with Gasteiger partial charge in [0.2, 0.25) is 15.9 Å². The summed E-state index contributed by atoms with van der Waals surface area (Å²) in [5.74, 6) is 1.39. The van der Waals surface area contributed by atoms with Crippen LogP contribution in [0, 0.1) is 0 Å². The maximum absolute atomic E-state index is 13.2. The number of hydrogen-bond acceptors (Lipinski definition) is 6. The van der Waals surface area contributed by atoms with Crippen LogP contribution in [-0.2, 0) is 14.8 Å². The molecule has 0 fully saturated rings. The van der Waals surface area contributed by atoms with Crippen LogP contribution in [0.15, 0.2) is 42.5 Å². The topological polar surface area (TPSA) is 94.2 Å². The van der Waals surface area contributed by atoms with Crippen molar-refractivity contribution in [3.05, 3.63) is 48.0 Å². The molecule has 9 heteroatoms. The molecule has 1 amide bonds. The maximum atomic E-state index is 13.2. The molecule has 0 aliphatic rings. The number of benzene rings is 2. The van der Waals surface area contributed by atoms with Crippen LogP contribution >= 0.6 is 0 Å². The minimum atomic E-state index is -3.73. The van der Waals surface area contributed by atoms with Gasteiger partial charge in [0.25, 0.3) is 0 Å². The van der Waals surface area contributed by atoms with Gasteiger partial charge in [-0.1, -0.05) is 6.92 Å². The van der Waals surface area contributed by atoms with Crippen LogP contribution in [0.5, 0.6) is 17.2 Å². The van der Waals surface area contributed by atoms with Crippen molar-refractivity contribution in [2.75, 3.05) is 31.9 Å². The largest absolute Gasteiger partial charge is 0.497 e. The first-order valence-corrected chi connectivity index (χ1v) is 11.7. The van der Waals surface area contributed by atoms with E-state index in [9.17, 15) is 13.2 Å². The lowest BCUT2D eigenvalue weighted by molar-refractivity contribution is -0.122. The van der Waals surface area contributed by atoms with Crippen molar-refractivity contribution in [1.82, 2.24) is 5.32 Å². The van der Waals surface area contributed by atoms with Crippen molar-refractivity contribution >= 4 is 21.6 Å². The molecular formula is C22H30N2O6S. The van der Waals surface area contributed by atoms with E-state index in [1.807, 2.05) is 0 Å². The normalized spacial score (nSPS) is 13.1. The van der Waals surface area contributed by atoms with Crippen LogP contribution in [0.4, 0.5) is 5.69 Å². The van der Waals surface area contributed by atoms with E-state index in [1.165, 1.54) is 7.11 Å². The van der Waals surface area contributed by atoms with Crippen LogP contribution < -0.4 is 23.8 Å². The second kappa shape index (κ2) is 10.4. The van der Waals surface area contributed by atoms with Gasteiger partial charge in [-0.3, -0.25) is 9.10 Å². The first-order chi connectivity index (χ1) is 14.7. The van der Waals surface area contributed by atoms with Crippen LogP contribution in [0.3, 0.4) is 0 Å². The minimum absolute atomic E-state index is 0.285. The van der Waals surface area contributed by atoms with Gasteiger partial charge >= 0.3 is 0 Å². The quantitative estimate of drug-likeness (QED) is 0.598. The average Bonchev–Trinajstić information content (AvgIpc) is 2.75. The number of ether oxygens (including phenoxy) is 3. The molecule has 0 bridgehead atoms. The Morgan fingerprint density at radius 1 is 1.00 bits per heavy atom. The Morgan fingerprint density at radius 3 is 2.06 bits per heavy atom. The Morgan fingerprint density at radius 2 is 1.58 bits per heavy atom. The number of carbonyl (C=O) groups is 1. The highest BCUT2D eigenvalue weighted by atomic mass is 32.2. The Labute approximate surface area is 184 Å². The van der Waals surface area contributed by atoms with Crippen molar-refractivity contribution in [3.8, 4) is 17.2 Å². The molecule has 0 saturated heterocycles. The monoisotopic (exact) mass is 450 g/mol. The molecule has 1 N–H and O–H groups in total. The summed E-state index contributed by atoms with van der Waals surface area (Å²) in [4.78, 5) is 13.2. The van der Waals surface area contributed by atoms with Crippen molar-refractivity contribution in [2.45, 2.75) is 32.4 Å². The SMILES string of the molecule is CC[C@@H](C(=O)N[C@@H](C)c1cc(OC)ccc1OC)N(c1ccc(OC)cc1)S(C)(=O)=O. The van der Waals surface area contributed by atoms with Gasteiger partial charge in [-0.15, -0.1) is 0 Å². The molecule has 0 heterocycles. The van der Waals surface area contributed by atoms with Gasteiger partial charge in [0.05, 0.1) is 39.3 Å². The summed E-state index contributed by atoms with van der Waals surface area (Å²) >= 11 is 0. The summed E-state index contributed by atoms with van der Waals surface area (Å²) in [7, 11) is 0.899. The van der Waals surface area contributed by atoms with Gasteiger partial charge in [0.15, 0.2) is 0 Å². The third kappa shape index (κ3) is 5.81. The van der Waals surface area contributed by atoms with Crippen LogP contribution in [0.25, 0.3) is 0 Å². The standard InChI is InChI=1S/C22H30N2O6S/c1-7-20(24(31(6,26)27)16-8-10-17(28-3)11-9-16)22(25)23-15(2)19-14-18(29-4)12-13-21(19)30-5/h8-15,20H,7H2,1-6H3,(H,23,25)/t15-,20-/m0/s1. The number of hydrogen-bond donors (Lipinski definition) is 1. The van der Waals surface area contributed by atoms with Crippen LogP contribution in [0.2, 0.25) is 0 Å². The zero-order chi connectivity index (χ0) is 23.2. The van der Waals surface area contributed by atoms with Gasteiger partial charge in [0, 0.05) is 5.56 Å². The molecule has 0 spiro atoms. The molecule has 8 nitrogen and oxygen atoms in total. The fraction of sp³-hybridized carbons (Fsp3) is 0.409. The minimum Gasteiger partial charge on any atom is -0.497 e. The number of anilines is 1. The van der Waals surface area contributed by atoms with E-state index < -0.39 is 28.0 Å². The van der Waals surface area contributed by atoms with E-state index in [2.05, 4.69) is 5.32 Å². The Hall–Kier alpha value is -2.94. The summed E-state index contributed by atoms with van der Waals surface area (Å²) in [5, 5.41) is 2.91. The first-order valence-electron chi connectivity index (χ1n) is 9.82. The lowest BCUT2D eigenvalue weighted by Gasteiger charge is -2.31. The number of amides is 1. The third-order valence-corrected chi connectivity index (χ3v) is 6.10. The predicted molar refractivity (Wildman–Crippen MR) is 120 cm³/mol. The Balaban J connectivity index is 2.35. The fourth-order valence-corrected chi connectivity index (χ4v) is 4.57. The van der Waals surface area contributed by atoms with Crippen LogP contribution in [0.1, 0.15) is 31.9 Å². The molecule has 2 rings (SSSR count). The van der Waals surface area contributed by atoms with E-state index in [4.69, 9.17) is 14.2 Å². The molecule has 2 aromatic rings. The average molecular weight is 451 g/mol. The molecule has 0 aliphatic heterocycles. The molecule has 2 aromatic carbocycles. The summed E-state index contributed by atoms with van der Waals surface area (Å²) in [6, 6.07) is 10.5. The zero-order valence-corrected chi connectivity index (χ0v) is 19.5. The van der Waals surface area contributed by atoms with Gasteiger partial charge in [-0.05, 0) is 55.8 Å². The second-order valence-electron chi connectivity index (χ2n) is 7.02. The smallest absolute Gasteiger partial charge is 0.244 e. The molecular weight excluding hydrogens is 420 g/mol. The molecule has 2 atom stereocenters. The summed E-state index contributed by atoms with van der Waals surface area (Å²) in [5.41, 5.74) is 1.11. The second-order valence-corrected chi connectivity index (χ2v) is 8.88. The number of methoxy groups -OCH3 is 3. The summed E-state index contributed by atoms with van der Waals surface area (Å²) < 4.78 is 42.2. The van der Waals surface area contributed by atoms with Gasteiger partial charge in [0.1, 0.15) is 23.3 Å². The van der Waals surface area contributed by atoms with Gasteiger partial charge in [-0.25, -0.2) is 8.42 Å². The number of nitrogens with zero attached hydrogens (tertiary/aromatic N) is 1. The number of carbonyl (C=O) groups excluding carboxylic acids is 1. The van der Waals surface area contributed by atoms with E-state index in [-0.39, 0.29) is 6.42 Å². The lowest BCUT2D eigenvalue weighted by Crippen LogP contribution is -2.49. The Bertz CT molecular complexity index is 992. The maximum Gasteiger partial charge on any atom is 0.244 e. The van der Waals surface area contributed by atoms with Gasteiger partial charge in [-0.2, -0.15) is 0 Å². The molecule has 31 heavy (non-hydrogen) atoms. The van der Waals surface area contributed by atoms with E-state index in [0.29, 0.717) is 22.9 Å². The van der Waals surface area contributed by atoms with Crippen molar-refractivity contribution in [2.24, 2.45) is 0 Å².